The summed E-state index contributed by atoms with van der Waals surface area (Å²) in [6, 6.07) is 7.76. The number of carbonyl (C=O) groups is 1. The molecule has 1 aromatic carbocycles. The van der Waals surface area contributed by atoms with E-state index in [1.54, 1.807) is 0 Å². The van der Waals surface area contributed by atoms with E-state index in [1.807, 2.05) is 24.3 Å². The van der Waals surface area contributed by atoms with E-state index in [2.05, 4.69) is 5.32 Å². The van der Waals surface area contributed by atoms with Crippen molar-refractivity contribution in [3.05, 3.63) is 29.8 Å². The Morgan fingerprint density at radius 2 is 2.05 bits per heavy atom. The third-order valence-corrected chi connectivity index (χ3v) is 4.31. The lowest BCUT2D eigenvalue weighted by Crippen LogP contribution is -2.48. The molecule has 1 fully saturated rings. The average molecular weight is 275 g/mol. The quantitative estimate of drug-likeness (QED) is 0.863. The third kappa shape index (κ3) is 2.80. The van der Waals surface area contributed by atoms with Crippen LogP contribution in [0.4, 0.5) is 0 Å². The Kier molecular flexibility index (Phi) is 3.92. The summed E-state index contributed by atoms with van der Waals surface area (Å²) in [4.78, 5) is 12.3. The first-order valence-corrected chi connectivity index (χ1v) is 7.43. The van der Waals surface area contributed by atoms with E-state index in [-0.39, 0.29) is 17.9 Å². The molecular formula is C16H21NO3. The van der Waals surface area contributed by atoms with Crippen LogP contribution in [0.3, 0.4) is 0 Å². The number of ether oxygens (including phenoxy) is 1. The first-order valence-electron chi connectivity index (χ1n) is 7.43. The van der Waals surface area contributed by atoms with Crippen molar-refractivity contribution in [1.29, 1.82) is 0 Å². The van der Waals surface area contributed by atoms with Gasteiger partial charge in [0.2, 0.25) is 5.91 Å². The second-order valence-electron chi connectivity index (χ2n) is 5.79. The van der Waals surface area contributed by atoms with Crippen LogP contribution in [-0.4, -0.2) is 29.8 Å². The minimum Gasteiger partial charge on any atom is -0.492 e. The molecule has 1 amide bonds. The summed E-state index contributed by atoms with van der Waals surface area (Å²) < 4.78 is 5.65. The van der Waals surface area contributed by atoms with Crippen LogP contribution in [0.2, 0.25) is 0 Å². The molecule has 0 saturated heterocycles. The summed E-state index contributed by atoms with van der Waals surface area (Å²) >= 11 is 0. The van der Waals surface area contributed by atoms with Crippen LogP contribution in [0.1, 0.15) is 31.2 Å². The van der Waals surface area contributed by atoms with Crippen LogP contribution >= 0.6 is 0 Å². The minimum absolute atomic E-state index is 0.00505. The lowest BCUT2D eigenvalue weighted by Gasteiger charge is -2.31. The fourth-order valence-electron chi connectivity index (χ4n) is 3.08. The normalized spacial score (nSPS) is 29.1. The fraction of sp³-hybridized carbons (Fsp3) is 0.562. The van der Waals surface area contributed by atoms with Crippen molar-refractivity contribution in [1.82, 2.24) is 5.32 Å². The number of aliphatic hydroxyl groups excluding tert-OH is 1. The van der Waals surface area contributed by atoms with E-state index >= 15 is 0 Å². The number of hydrogen-bond acceptors (Lipinski definition) is 3. The Balaban J connectivity index is 1.61. The Labute approximate surface area is 119 Å². The molecule has 4 nitrogen and oxygen atoms in total. The highest BCUT2D eigenvalue weighted by Gasteiger charge is 2.30. The van der Waals surface area contributed by atoms with Crippen LogP contribution in [0.15, 0.2) is 24.3 Å². The molecule has 1 unspecified atom stereocenters. The number of para-hydroxylation sites is 1. The smallest absolute Gasteiger partial charge is 0.227 e. The van der Waals surface area contributed by atoms with Gasteiger partial charge in [0.1, 0.15) is 12.4 Å². The number of carbonyl (C=O) groups excluding carboxylic acids is 1. The molecule has 1 saturated carbocycles. The zero-order valence-electron chi connectivity index (χ0n) is 11.5. The van der Waals surface area contributed by atoms with E-state index in [9.17, 15) is 9.90 Å². The predicted molar refractivity (Wildman–Crippen MR) is 75.5 cm³/mol. The molecule has 3 atom stereocenters. The molecular weight excluding hydrogens is 254 g/mol. The van der Waals surface area contributed by atoms with Crippen LogP contribution in [-0.2, 0) is 11.2 Å². The summed E-state index contributed by atoms with van der Waals surface area (Å²) in [5.74, 6) is 0.735. The van der Waals surface area contributed by atoms with Gasteiger partial charge in [-0.05, 0) is 30.9 Å². The van der Waals surface area contributed by atoms with Crippen LogP contribution in [0.25, 0.3) is 0 Å². The number of benzene rings is 1. The van der Waals surface area contributed by atoms with E-state index < -0.39 is 6.10 Å². The van der Waals surface area contributed by atoms with E-state index in [4.69, 9.17) is 4.74 Å². The summed E-state index contributed by atoms with van der Waals surface area (Å²) in [6.07, 6.45) is 4.10. The molecule has 20 heavy (non-hydrogen) atoms. The molecule has 0 radical (unpaired) electrons. The number of rotatable bonds is 2. The number of amides is 1. The maximum atomic E-state index is 12.3. The highest BCUT2D eigenvalue weighted by Crippen LogP contribution is 2.27. The van der Waals surface area contributed by atoms with Gasteiger partial charge in [-0.2, -0.15) is 0 Å². The Hall–Kier alpha value is -1.55. The average Bonchev–Trinajstić information content (AvgIpc) is 2.49. The number of aliphatic hydroxyl groups is 1. The number of nitrogens with one attached hydrogen (secondary N) is 1. The standard InChI is InChI=1S/C16H21NO3/c18-14-7-3-2-6-13(14)17-16(19)12-9-11-5-1-4-8-15(11)20-10-12/h1,4-5,8,12-14,18H,2-3,6-7,9-10H2,(H,17,19)/t12?,13-,14-/m0/s1. The van der Waals surface area contributed by atoms with Gasteiger partial charge in [0.25, 0.3) is 0 Å². The van der Waals surface area contributed by atoms with Crippen molar-refractivity contribution in [3.63, 3.8) is 0 Å². The highest BCUT2D eigenvalue weighted by atomic mass is 16.5. The lowest BCUT2D eigenvalue weighted by atomic mass is 9.91. The first kappa shape index (κ1) is 13.4. The van der Waals surface area contributed by atoms with Crippen molar-refractivity contribution in [2.75, 3.05) is 6.61 Å². The highest BCUT2D eigenvalue weighted by molar-refractivity contribution is 5.80. The van der Waals surface area contributed by atoms with E-state index in [0.717, 1.165) is 37.0 Å². The maximum absolute atomic E-state index is 12.3. The first-order chi connectivity index (χ1) is 9.74. The van der Waals surface area contributed by atoms with Crippen molar-refractivity contribution < 1.29 is 14.6 Å². The van der Waals surface area contributed by atoms with Gasteiger partial charge in [0, 0.05) is 0 Å². The zero-order chi connectivity index (χ0) is 13.9. The van der Waals surface area contributed by atoms with Crippen LogP contribution in [0.5, 0.6) is 5.75 Å². The van der Waals surface area contributed by atoms with Crippen molar-refractivity contribution in [2.45, 2.75) is 44.2 Å². The Morgan fingerprint density at radius 1 is 1.25 bits per heavy atom. The van der Waals surface area contributed by atoms with Gasteiger partial charge in [0.05, 0.1) is 18.1 Å². The summed E-state index contributed by atoms with van der Waals surface area (Å²) in [6.45, 7) is 0.422. The molecule has 0 aromatic heterocycles. The largest absolute Gasteiger partial charge is 0.492 e. The SMILES string of the molecule is O=C(N[C@H]1CCCC[C@@H]1O)C1COc2ccccc2C1. The summed E-state index contributed by atoms with van der Waals surface area (Å²) in [5, 5.41) is 12.9. The molecule has 0 bridgehead atoms. The second-order valence-corrected chi connectivity index (χ2v) is 5.79. The second kappa shape index (κ2) is 5.83. The molecule has 1 aliphatic heterocycles. The van der Waals surface area contributed by atoms with Gasteiger partial charge in [0.15, 0.2) is 0 Å². The van der Waals surface area contributed by atoms with Crippen LogP contribution < -0.4 is 10.1 Å². The van der Waals surface area contributed by atoms with Gasteiger partial charge in [-0.15, -0.1) is 0 Å². The van der Waals surface area contributed by atoms with Gasteiger partial charge < -0.3 is 15.2 Å². The summed E-state index contributed by atoms with van der Waals surface area (Å²) in [7, 11) is 0. The topological polar surface area (TPSA) is 58.6 Å². The van der Waals surface area contributed by atoms with Gasteiger partial charge >= 0.3 is 0 Å². The monoisotopic (exact) mass is 275 g/mol. The van der Waals surface area contributed by atoms with E-state index in [0.29, 0.717) is 13.0 Å². The molecule has 4 heteroatoms. The number of fused-ring (bicyclic) bond motifs is 1. The maximum Gasteiger partial charge on any atom is 0.227 e. The van der Waals surface area contributed by atoms with Crippen LogP contribution in [0, 0.1) is 5.92 Å². The molecule has 1 heterocycles. The van der Waals surface area contributed by atoms with Crippen molar-refractivity contribution in [3.8, 4) is 5.75 Å². The molecule has 1 aliphatic carbocycles. The predicted octanol–water partition coefficient (Wildman–Crippen LogP) is 1.66. The van der Waals surface area contributed by atoms with Crippen molar-refractivity contribution >= 4 is 5.91 Å². The summed E-state index contributed by atoms with van der Waals surface area (Å²) in [5.41, 5.74) is 1.09. The van der Waals surface area contributed by atoms with Gasteiger partial charge in [-0.1, -0.05) is 31.0 Å². The number of hydrogen-bond donors (Lipinski definition) is 2. The Bertz CT molecular complexity index is 488. The third-order valence-electron chi connectivity index (χ3n) is 4.31. The Morgan fingerprint density at radius 3 is 2.90 bits per heavy atom. The van der Waals surface area contributed by atoms with Gasteiger partial charge in [-0.3, -0.25) is 4.79 Å². The molecule has 3 rings (SSSR count). The van der Waals surface area contributed by atoms with Gasteiger partial charge in [-0.25, -0.2) is 0 Å². The van der Waals surface area contributed by atoms with E-state index in [1.165, 1.54) is 0 Å². The molecule has 1 aromatic rings. The lowest BCUT2D eigenvalue weighted by molar-refractivity contribution is -0.128. The zero-order valence-corrected chi connectivity index (χ0v) is 11.5. The molecule has 0 spiro atoms. The molecule has 108 valence electrons. The fourth-order valence-corrected chi connectivity index (χ4v) is 3.08. The molecule has 2 aliphatic rings. The minimum atomic E-state index is -0.399. The van der Waals surface area contributed by atoms with Crippen molar-refractivity contribution in [2.24, 2.45) is 5.92 Å². The molecule has 2 N–H and O–H groups in total.